The van der Waals surface area contributed by atoms with Crippen LogP contribution in [-0.2, 0) is 0 Å². The summed E-state index contributed by atoms with van der Waals surface area (Å²) in [5.41, 5.74) is 2.60. The van der Waals surface area contributed by atoms with Crippen LogP contribution in [0.4, 0.5) is 5.69 Å². The number of nitrogens with one attached hydrogen (secondary N) is 1. The van der Waals surface area contributed by atoms with Crippen molar-refractivity contribution in [3.05, 3.63) is 58.5 Å². The van der Waals surface area contributed by atoms with E-state index in [0.717, 1.165) is 10.1 Å². The second kappa shape index (κ2) is 5.81. The van der Waals surface area contributed by atoms with E-state index in [9.17, 15) is 4.79 Å². The maximum Gasteiger partial charge on any atom is 0.274 e. The number of nitrogens with zero attached hydrogens (tertiary/aromatic N) is 2. The molecule has 1 aromatic carbocycles. The largest absolute Gasteiger partial charge is 0.497 e. The zero-order valence-electron chi connectivity index (χ0n) is 12.1. The van der Waals surface area contributed by atoms with Crippen molar-refractivity contribution in [3.63, 3.8) is 0 Å². The van der Waals surface area contributed by atoms with Crippen LogP contribution in [0, 0.1) is 6.92 Å². The number of aromatic nitrogens is 2. The van der Waals surface area contributed by atoms with Gasteiger partial charge >= 0.3 is 0 Å². The minimum atomic E-state index is -0.212. The van der Waals surface area contributed by atoms with Gasteiger partial charge in [-0.1, -0.05) is 6.07 Å². The molecule has 5 nitrogen and oxygen atoms in total. The predicted molar refractivity (Wildman–Crippen MR) is 88.6 cm³/mol. The molecule has 0 spiro atoms. The van der Waals surface area contributed by atoms with Crippen LogP contribution < -0.4 is 10.1 Å². The lowest BCUT2D eigenvalue weighted by molar-refractivity contribution is 0.102. The lowest BCUT2D eigenvalue weighted by Crippen LogP contribution is -2.15. The standard InChI is InChI=1S/C16H14BrN3O2/c1-10-15(20-9-11(17)6-7-14(20)18-10)16(21)19-12-4-3-5-13(8-12)22-2/h3-9H,1-2H3,(H,19,21). The quantitative estimate of drug-likeness (QED) is 0.776. The first-order chi connectivity index (χ1) is 10.6. The molecule has 0 radical (unpaired) electrons. The van der Waals surface area contributed by atoms with E-state index in [2.05, 4.69) is 26.2 Å². The fourth-order valence-electron chi connectivity index (χ4n) is 2.30. The number of fused-ring (bicyclic) bond motifs is 1. The zero-order valence-corrected chi connectivity index (χ0v) is 13.7. The molecule has 1 amide bonds. The fourth-order valence-corrected chi connectivity index (χ4v) is 2.64. The van der Waals surface area contributed by atoms with Crippen molar-refractivity contribution in [2.24, 2.45) is 0 Å². The number of carbonyl (C=O) groups excluding carboxylic acids is 1. The van der Waals surface area contributed by atoms with Crippen molar-refractivity contribution in [1.29, 1.82) is 0 Å². The van der Waals surface area contributed by atoms with E-state index >= 15 is 0 Å². The summed E-state index contributed by atoms with van der Waals surface area (Å²) in [7, 11) is 1.59. The second-order valence-corrected chi connectivity index (χ2v) is 5.72. The molecular weight excluding hydrogens is 346 g/mol. The van der Waals surface area contributed by atoms with E-state index in [1.54, 1.807) is 17.6 Å². The third-order valence-corrected chi connectivity index (χ3v) is 3.77. The van der Waals surface area contributed by atoms with E-state index in [1.807, 2.05) is 43.5 Å². The molecule has 1 N–H and O–H groups in total. The Morgan fingerprint density at radius 1 is 1.32 bits per heavy atom. The molecule has 3 rings (SSSR count). The molecule has 3 aromatic rings. The number of aryl methyl sites for hydroxylation is 1. The molecule has 0 aliphatic carbocycles. The van der Waals surface area contributed by atoms with Crippen molar-refractivity contribution >= 4 is 33.2 Å². The lowest BCUT2D eigenvalue weighted by atomic mass is 10.2. The molecule has 0 aliphatic rings. The molecule has 2 aromatic heterocycles. The number of halogens is 1. The molecule has 0 unspecified atom stereocenters. The van der Waals surface area contributed by atoms with Crippen molar-refractivity contribution in [3.8, 4) is 5.75 Å². The van der Waals surface area contributed by atoms with E-state index in [4.69, 9.17) is 4.74 Å². The normalized spacial score (nSPS) is 10.7. The van der Waals surface area contributed by atoms with E-state index < -0.39 is 0 Å². The van der Waals surface area contributed by atoms with Crippen molar-refractivity contribution < 1.29 is 9.53 Å². The van der Waals surface area contributed by atoms with Gasteiger partial charge in [-0.25, -0.2) is 4.98 Å². The van der Waals surface area contributed by atoms with Gasteiger partial charge in [-0.05, 0) is 47.1 Å². The highest BCUT2D eigenvalue weighted by Gasteiger charge is 2.17. The summed E-state index contributed by atoms with van der Waals surface area (Å²) < 4.78 is 7.82. The number of hydrogen-bond acceptors (Lipinski definition) is 3. The highest BCUT2D eigenvalue weighted by atomic mass is 79.9. The SMILES string of the molecule is COc1cccc(NC(=O)c2c(C)nc3ccc(Br)cn23)c1. The van der Waals surface area contributed by atoms with Crippen LogP contribution in [0.15, 0.2) is 47.1 Å². The Balaban J connectivity index is 1.98. The summed E-state index contributed by atoms with van der Waals surface area (Å²) in [4.78, 5) is 17.0. The van der Waals surface area contributed by atoms with Gasteiger partial charge in [0, 0.05) is 22.4 Å². The first kappa shape index (κ1) is 14.6. The molecule has 6 heteroatoms. The van der Waals surface area contributed by atoms with E-state index in [0.29, 0.717) is 22.8 Å². The molecule has 0 aliphatic heterocycles. The molecule has 22 heavy (non-hydrogen) atoms. The molecule has 0 fully saturated rings. The van der Waals surface area contributed by atoms with Crippen LogP contribution in [-0.4, -0.2) is 22.4 Å². The molecule has 0 atom stereocenters. The van der Waals surface area contributed by atoms with Crippen LogP contribution in [0.2, 0.25) is 0 Å². The third kappa shape index (κ3) is 2.69. The Kier molecular flexibility index (Phi) is 3.85. The maximum atomic E-state index is 12.6. The van der Waals surface area contributed by atoms with Crippen molar-refractivity contribution in [1.82, 2.24) is 9.38 Å². The highest BCUT2D eigenvalue weighted by Crippen LogP contribution is 2.20. The first-order valence-electron chi connectivity index (χ1n) is 6.68. The number of imidazole rings is 1. The first-order valence-corrected chi connectivity index (χ1v) is 7.47. The summed E-state index contributed by atoms with van der Waals surface area (Å²) >= 11 is 3.41. The summed E-state index contributed by atoms with van der Waals surface area (Å²) in [5.74, 6) is 0.478. The van der Waals surface area contributed by atoms with Gasteiger partial charge in [0.2, 0.25) is 0 Å². The Morgan fingerprint density at radius 3 is 2.91 bits per heavy atom. The Labute approximate surface area is 136 Å². The Morgan fingerprint density at radius 2 is 2.14 bits per heavy atom. The Bertz CT molecular complexity index is 858. The van der Waals surface area contributed by atoms with Gasteiger partial charge in [0.05, 0.1) is 12.8 Å². The average Bonchev–Trinajstić information content (AvgIpc) is 2.82. The van der Waals surface area contributed by atoms with Crippen LogP contribution in [0.3, 0.4) is 0 Å². The smallest absolute Gasteiger partial charge is 0.274 e. The minimum absolute atomic E-state index is 0.212. The Hall–Kier alpha value is -2.34. The molecule has 0 saturated carbocycles. The highest BCUT2D eigenvalue weighted by molar-refractivity contribution is 9.10. The number of hydrogen-bond donors (Lipinski definition) is 1. The zero-order chi connectivity index (χ0) is 15.7. The van der Waals surface area contributed by atoms with Gasteiger partial charge in [-0.2, -0.15) is 0 Å². The van der Waals surface area contributed by atoms with E-state index in [1.165, 1.54) is 0 Å². The molecule has 112 valence electrons. The maximum absolute atomic E-state index is 12.6. The topological polar surface area (TPSA) is 55.6 Å². The van der Waals surface area contributed by atoms with Crippen LogP contribution in [0.25, 0.3) is 5.65 Å². The number of ether oxygens (including phenoxy) is 1. The van der Waals surface area contributed by atoms with Gasteiger partial charge in [-0.3, -0.25) is 9.20 Å². The number of pyridine rings is 1. The van der Waals surface area contributed by atoms with Gasteiger partial charge in [0.1, 0.15) is 17.1 Å². The van der Waals surface area contributed by atoms with E-state index in [-0.39, 0.29) is 5.91 Å². The number of amides is 1. The summed E-state index contributed by atoms with van der Waals surface area (Å²) in [6.45, 7) is 1.82. The monoisotopic (exact) mass is 359 g/mol. The number of rotatable bonds is 3. The number of methoxy groups -OCH3 is 1. The van der Waals surface area contributed by atoms with Gasteiger partial charge in [0.25, 0.3) is 5.91 Å². The van der Waals surface area contributed by atoms with Gasteiger partial charge in [0.15, 0.2) is 0 Å². The van der Waals surface area contributed by atoms with Crippen molar-refractivity contribution in [2.45, 2.75) is 6.92 Å². The van der Waals surface area contributed by atoms with Crippen LogP contribution in [0.5, 0.6) is 5.75 Å². The van der Waals surface area contributed by atoms with Gasteiger partial charge in [-0.15, -0.1) is 0 Å². The van der Waals surface area contributed by atoms with Crippen molar-refractivity contribution in [2.75, 3.05) is 12.4 Å². The molecule has 0 bridgehead atoms. The lowest BCUT2D eigenvalue weighted by Gasteiger charge is -2.07. The summed E-state index contributed by atoms with van der Waals surface area (Å²) in [6.07, 6.45) is 1.83. The third-order valence-electron chi connectivity index (χ3n) is 3.30. The number of anilines is 1. The molecule has 0 saturated heterocycles. The number of benzene rings is 1. The predicted octanol–water partition coefficient (Wildman–Crippen LogP) is 3.67. The number of carbonyl (C=O) groups is 1. The molecule has 2 heterocycles. The molecular formula is C16H14BrN3O2. The summed E-state index contributed by atoms with van der Waals surface area (Å²) in [6, 6.07) is 11.0. The van der Waals surface area contributed by atoms with Crippen LogP contribution >= 0.6 is 15.9 Å². The minimum Gasteiger partial charge on any atom is -0.497 e. The fraction of sp³-hybridized carbons (Fsp3) is 0.125. The second-order valence-electron chi connectivity index (χ2n) is 4.81. The van der Waals surface area contributed by atoms with Crippen LogP contribution in [0.1, 0.15) is 16.2 Å². The average molecular weight is 360 g/mol. The summed E-state index contributed by atoms with van der Waals surface area (Å²) in [5, 5.41) is 2.88. The van der Waals surface area contributed by atoms with Gasteiger partial charge < -0.3 is 10.1 Å².